The fourth-order valence-corrected chi connectivity index (χ4v) is 1.07. The van der Waals surface area contributed by atoms with Crippen LogP contribution in [0.3, 0.4) is 0 Å². The Kier molecular flexibility index (Phi) is 4.98. The van der Waals surface area contributed by atoms with Gasteiger partial charge in [0.1, 0.15) is 0 Å². The fraction of sp³-hybridized carbons (Fsp3) is 0.200. The van der Waals surface area contributed by atoms with Crippen LogP contribution >= 0.6 is 7.82 Å². The quantitative estimate of drug-likeness (QED) is 0.357. The van der Waals surface area contributed by atoms with Gasteiger partial charge in [-0.1, -0.05) is 0 Å². The van der Waals surface area contributed by atoms with Crippen LogP contribution in [0.15, 0.2) is 15.8 Å². The number of nitrogens with zero attached hydrogens (tertiary/aromatic N) is 1. The predicted octanol–water partition coefficient (Wildman–Crippen LogP) is -4.52. The van der Waals surface area contributed by atoms with Crippen LogP contribution in [0.5, 0.6) is 0 Å². The molecule has 8 nitrogen and oxygen atoms in total. The summed E-state index contributed by atoms with van der Waals surface area (Å²) < 4.78 is 14.6. The summed E-state index contributed by atoms with van der Waals surface area (Å²) in [6.07, 6.45) is 0.889. The molecule has 1 heterocycles. The van der Waals surface area contributed by atoms with Crippen molar-refractivity contribution >= 4 is 7.82 Å². The van der Waals surface area contributed by atoms with Gasteiger partial charge in [-0.05, 0) is 6.92 Å². The number of aromatic nitrogens is 2. The number of aryl methyl sites for hydroxylation is 1. The summed E-state index contributed by atoms with van der Waals surface area (Å²) in [5.74, 6) is 0. The first-order valence-corrected chi connectivity index (χ1v) is 4.91. The Bertz CT molecular complexity index is 506. The van der Waals surface area contributed by atoms with E-state index in [0.717, 1.165) is 6.20 Å². The molecule has 0 amide bonds. The molecule has 0 atom stereocenters. The molecule has 0 aliphatic rings. The number of hydrogen-bond acceptors (Lipinski definition) is 4. The molecule has 0 radical (unpaired) electrons. The molecule has 80 valence electrons. The minimum absolute atomic E-state index is 0. The summed E-state index contributed by atoms with van der Waals surface area (Å²) in [5, 5.41) is 0. The Labute approximate surface area is 107 Å². The zero-order valence-corrected chi connectivity index (χ0v) is 10.9. The standard InChI is InChI=1S/C5H7N2O6P.Na.H/c1-3-2-7(13-14(10,11)12)5(9)6-4(3)8;;/h2H,1H3,(H,6,8,9)(H2,10,11,12);;/q;+1;-1. The molecule has 0 aliphatic heterocycles. The van der Waals surface area contributed by atoms with Gasteiger partial charge in [0.15, 0.2) is 0 Å². The maximum atomic E-state index is 10.9. The molecule has 1 aromatic rings. The summed E-state index contributed by atoms with van der Waals surface area (Å²) in [6, 6.07) is 0. The third-order valence-electron chi connectivity index (χ3n) is 1.28. The summed E-state index contributed by atoms with van der Waals surface area (Å²) in [4.78, 5) is 40.3. The molecule has 1 rings (SSSR count). The molecule has 0 aromatic carbocycles. The fourth-order valence-electron chi connectivity index (χ4n) is 0.719. The van der Waals surface area contributed by atoms with Gasteiger partial charge in [0.25, 0.3) is 5.56 Å². The van der Waals surface area contributed by atoms with Crippen molar-refractivity contribution in [1.29, 1.82) is 0 Å². The first kappa shape index (κ1) is 14.6. The number of hydrogen-bond donors (Lipinski definition) is 3. The average Bonchev–Trinajstić information content (AvgIpc) is 1.97. The van der Waals surface area contributed by atoms with Gasteiger partial charge in [-0.3, -0.25) is 19.6 Å². The summed E-state index contributed by atoms with van der Waals surface area (Å²) >= 11 is 0. The van der Waals surface area contributed by atoms with E-state index in [1.807, 2.05) is 4.98 Å². The van der Waals surface area contributed by atoms with Crippen LogP contribution in [0, 0.1) is 6.92 Å². The van der Waals surface area contributed by atoms with Crippen molar-refractivity contribution in [1.82, 2.24) is 9.71 Å². The van der Waals surface area contributed by atoms with E-state index in [0.29, 0.717) is 0 Å². The molecule has 10 heteroatoms. The molecule has 0 saturated heterocycles. The molecule has 3 N–H and O–H groups in total. The Morgan fingerprint density at radius 2 is 2.07 bits per heavy atom. The van der Waals surface area contributed by atoms with Gasteiger partial charge < -0.3 is 6.05 Å². The second-order valence-corrected chi connectivity index (χ2v) is 3.61. The van der Waals surface area contributed by atoms with Crippen molar-refractivity contribution in [2.24, 2.45) is 0 Å². The van der Waals surface area contributed by atoms with Crippen LogP contribution in [-0.2, 0) is 4.57 Å². The SMILES string of the molecule is Cc1cn(OP(=O)(O)O)c(=O)[nH]c1=O.[H-].[Na+]. The molecule has 0 unspecified atom stereocenters. The third kappa shape index (κ3) is 4.33. The second kappa shape index (κ2) is 5.11. The second-order valence-electron chi connectivity index (χ2n) is 2.47. The van der Waals surface area contributed by atoms with E-state index in [-0.39, 0.29) is 41.3 Å². The summed E-state index contributed by atoms with van der Waals surface area (Å²) in [5.41, 5.74) is -1.59. The molecule has 15 heavy (non-hydrogen) atoms. The third-order valence-corrected chi connectivity index (χ3v) is 1.67. The minimum atomic E-state index is -4.81. The first-order valence-electron chi connectivity index (χ1n) is 3.38. The normalized spacial score (nSPS) is 10.6. The number of aromatic amines is 1. The molecule has 0 fully saturated rings. The predicted molar refractivity (Wildman–Crippen MR) is 45.8 cm³/mol. The number of phosphoric acid groups is 1. The average molecular weight is 246 g/mol. The topological polar surface area (TPSA) is 122 Å². The molecule has 0 saturated carbocycles. The Balaban J connectivity index is 0. The van der Waals surface area contributed by atoms with Gasteiger partial charge >= 0.3 is 43.1 Å². The summed E-state index contributed by atoms with van der Waals surface area (Å²) in [7, 11) is -4.81. The van der Waals surface area contributed by atoms with Crippen molar-refractivity contribution in [3.05, 3.63) is 32.6 Å². The molecule has 0 bridgehead atoms. The molecular formula is C5H8N2NaO6P. The van der Waals surface area contributed by atoms with Crippen LogP contribution < -0.4 is 45.4 Å². The van der Waals surface area contributed by atoms with Gasteiger partial charge in [-0.25, -0.2) is 9.36 Å². The largest absolute Gasteiger partial charge is 1.00 e. The minimum Gasteiger partial charge on any atom is -1.00 e. The summed E-state index contributed by atoms with van der Waals surface area (Å²) in [6.45, 7) is 1.36. The van der Waals surface area contributed by atoms with Gasteiger partial charge in [-0.15, -0.1) is 4.73 Å². The zero-order chi connectivity index (χ0) is 10.9. The van der Waals surface area contributed by atoms with E-state index in [4.69, 9.17) is 9.79 Å². The Morgan fingerprint density at radius 1 is 1.53 bits per heavy atom. The molecule has 0 aliphatic carbocycles. The van der Waals surface area contributed by atoms with Crippen molar-refractivity contribution in [3.8, 4) is 0 Å². The van der Waals surface area contributed by atoms with Gasteiger partial charge in [-0.2, -0.15) is 0 Å². The van der Waals surface area contributed by atoms with E-state index in [9.17, 15) is 14.2 Å². The van der Waals surface area contributed by atoms with Crippen LogP contribution in [0.2, 0.25) is 0 Å². The van der Waals surface area contributed by atoms with Gasteiger partial charge in [0.2, 0.25) is 0 Å². The van der Waals surface area contributed by atoms with E-state index in [1.165, 1.54) is 6.92 Å². The van der Waals surface area contributed by atoms with Crippen LogP contribution in [-0.4, -0.2) is 19.5 Å². The van der Waals surface area contributed by atoms with Gasteiger partial charge in [0.05, 0.1) is 6.20 Å². The smallest absolute Gasteiger partial charge is 1.00 e. The molecule has 0 spiro atoms. The Morgan fingerprint density at radius 3 is 2.53 bits per heavy atom. The van der Waals surface area contributed by atoms with Crippen molar-refractivity contribution in [2.75, 3.05) is 0 Å². The van der Waals surface area contributed by atoms with Crippen molar-refractivity contribution < 1.29 is 50.0 Å². The zero-order valence-electron chi connectivity index (χ0n) is 9.00. The van der Waals surface area contributed by atoms with Crippen LogP contribution in [0.4, 0.5) is 0 Å². The van der Waals surface area contributed by atoms with Crippen LogP contribution in [0.1, 0.15) is 6.99 Å². The van der Waals surface area contributed by atoms with E-state index >= 15 is 0 Å². The van der Waals surface area contributed by atoms with E-state index in [1.54, 1.807) is 0 Å². The van der Waals surface area contributed by atoms with Crippen molar-refractivity contribution in [2.45, 2.75) is 6.92 Å². The first-order chi connectivity index (χ1) is 6.29. The van der Waals surface area contributed by atoms with E-state index in [2.05, 4.69) is 4.62 Å². The maximum Gasteiger partial charge on any atom is 1.00 e. The number of rotatable bonds is 2. The van der Waals surface area contributed by atoms with Crippen LogP contribution in [0.25, 0.3) is 0 Å². The molecule has 1 aromatic heterocycles. The van der Waals surface area contributed by atoms with Gasteiger partial charge in [0, 0.05) is 5.56 Å². The van der Waals surface area contributed by atoms with Crippen molar-refractivity contribution in [3.63, 3.8) is 0 Å². The molecular weight excluding hydrogens is 238 g/mol. The monoisotopic (exact) mass is 246 g/mol. The number of H-pyrrole nitrogens is 1. The maximum absolute atomic E-state index is 10.9. The van der Waals surface area contributed by atoms with E-state index < -0.39 is 19.1 Å². The Hall–Kier alpha value is -0.370. The number of nitrogens with one attached hydrogen (secondary N) is 1.